The molecule has 1 amide bonds. The Hall–Kier alpha value is -1.62. The summed E-state index contributed by atoms with van der Waals surface area (Å²) < 4.78 is 5.09. The van der Waals surface area contributed by atoms with Crippen molar-refractivity contribution >= 4 is 5.91 Å². The van der Waals surface area contributed by atoms with Gasteiger partial charge in [0.15, 0.2) is 0 Å². The summed E-state index contributed by atoms with van der Waals surface area (Å²) in [4.78, 5) is 18.0. The lowest BCUT2D eigenvalue weighted by molar-refractivity contribution is -0.0108. The van der Waals surface area contributed by atoms with Crippen LogP contribution in [0, 0.1) is 0 Å². The van der Waals surface area contributed by atoms with Gasteiger partial charge in [-0.2, -0.15) is 0 Å². The zero-order chi connectivity index (χ0) is 13.2. The lowest BCUT2D eigenvalue weighted by Gasteiger charge is -2.36. The second kappa shape index (κ2) is 4.94. The van der Waals surface area contributed by atoms with Gasteiger partial charge < -0.3 is 14.7 Å². The Kier molecular flexibility index (Phi) is 3.52. The van der Waals surface area contributed by atoms with Crippen LogP contribution in [0.25, 0.3) is 0 Å². The number of pyridine rings is 1. The third-order valence-corrected chi connectivity index (χ3v) is 3.16. The van der Waals surface area contributed by atoms with Gasteiger partial charge in [-0.3, -0.25) is 4.79 Å². The van der Waals surface area contributed by atoms with E-state index in [9.17, 15) is 9.90 Å². The SMILES string of the molecule is COc1ncccc1C(=O)N1CCCC(C)(O)C1. The molecule has 1 N–H and O–H groups in total. The van der Waals surface area contributed by atoms with Crippen molar-refractivity contribution in [2.75, 3.05) is 20.2 Å². The van der Waals surface area contributed by atoms with Crippen LogP contribution < -0.4 is 4.74 Å². The molecule has 1 aliphatic heterocycles. The molecule has 98 valence electrons. The summed E-state index contributed by atoms with van der Waals surface area (Å²) in [5, 5.41) is 10.0. The topological polar surface area (TPSA) is 62.7 Å². The summed E-state index contributed by atoms with van der Waals surface area (Å²) in [6.07, 6.45) is 3.12. The molecule has 1 aliphatic rings. The van der Waals surface area contributed by atoms with Crippen molar-refractivity contribution in [3.05, 3.63) is 23.9 Å². The summed E-state index contributed by atoms with van der Waals surface area (Å²) in [6, 6.07) is 3.40. The molecule has 0 aromatic carbocycles. The summed E-state index contributed by atoms with van der Waals surface area (Å²) in [5.41, 5.74) is -0.360. The molecule has 0 spiro atoms. The normalized spacial score (nSPS) is 23.8. The molecule has 2 heterocycles. The van der Waals surface area contributed by atoms with Crippen molar-refractivity contribution in [3.8, 4) is 5.88 Å². The van der Waals surface area contributed by atoms with Crippen molar-refractivity contribution < 1.29 is 14.6 Å². The molecule has 0 saturated carbocycles. The highest BCUT2D eigenvalue weighted by atomic mass is 16.5. The monoisotopic (exact) mass is 250 g/mol. The van der Waals surface area contributed by atoms with Gasteiger partial charge in [-0.15, -0.1) is 0 Å². The Balaban J connectivity index is 2.20. The molecule has 18 heavy (non-hydrogen) atoms. The predicted octanol–water partition coefficient (Wildman–Crippen LogP) is 1.08. The van der Waals surface area contributed by atoms with Gasteiger partial charge in [0, 0.05) is 19.3 Å². The third-order valence-electron chi connectivity index (χ3n) is 3.16. The number of hydrogen-bond acceptors (Lipinski definition) is 4. The van der Waals surface area contributed by atoms with Gasteiger partial charge in [-0.1, -0.05) is 0 Å². The number of methoxy groups -OCH3 is 1. The van der Waals surface area contributed by atoms with Crippen LogP contribution in [0.15, 0.2) is 18.3 Å². The Morgan fingerprint density at radius 1 is 1.61 bits per heavy atom. The van der Waals surface area contributed by atoms with Crippen LogP contribution in [-0.4, -0.2) is 46.7 Å². The van der Waals surface area contributed by atoms with Crippen LogP contribution in [0.2, 0.25) is 0 Å². The fourth-order valence-corrected chi connectivity index (χ4v) is 2.28. The highest BCUT2D eigenvalue weighted by Crippen LogP contribution is 2.24. The Morgan fingerprint density at radius 2 is 2.39 bits per heavy atom. The van der Waals surface area contributed by atoms with Gasteiger partial charge >= 0.3 is 0 Å². The quantitative estimate of drug-likeness (QED) is 0.853. The van der Waals surface area contributed by atoms with Crippen LogP contribution in [0.4, 0.5) is 0 Å². The third kappa shape index (κ3) is 2.61. The summed E-state index contributed by atoms with van der Waals surface area (Å²) in [5.74, 6) is 0.188. The van der Waals surface area contributed by atoms with Crippen LogP contribution in [0.1, 0.15) is 30.1 Å². The number of likely N-dealkylation sites (tertiary alicyclic amines) is 1. The fraction of sp³-hybridized carbons (Fsp3) is 0.538. The maximum atomic E-state index is 12.4. The molecule has 1 atom stereocenters. The number of amides is 1. The maximum absolute atomic E-state index is 12.4. The maximum Gasteiger partial charge on any atom is 0.259 e. The lowest BCUT2D eigenvalue weighted by Crippen LogP contribution is -2.48. The predicted molar refractivity (Wildman–Crippen MR) is 66.6 cm³/mol. The molecule has 1 aromatic rings. The molecule has 1 fully saturated rings. The lowest BCUT2D eigenvalue weighted by atomic mass is 9.95. The number of hydrogen-bond donors (Lipinski definition) is 1. The fourth-order valence-electron chi connectivity index (χ4n) is 2.28. The van der Waals surface area contributed by atoms with E-state index in [0.717, 1.165) is 12.8 Å². The van der Waals surface area contributed by atoms with Gasteiger partial charge in [0.05, 0.1) is 12.7 Å². The smallest absolute Gasteiger partial charge is 0.259 e. The largest absolute Gasteiger partial charge is 0.480 e. The van der Waals surface area contributed by atoms with Crippen molar-refractivity contribution in [3.63, 3.8) is 0 Å². The number of aliphatic hydroxyl groups is 1. The highest BCUT2D eigenvalue weighted by Gasteiger charge is 2.32. The van der Waals surface area contributed by atoms with Gasteiger partial charge in [0.2, 0.25) is 5.88 Å². The number of ether oxygens (including phenoxy) is 1. The molecule has 0 bridgehead atoms. The van der Waals surface area contributed by atoms with Crippen molar-refractivity contribution in [1.82, 2.24) is 9.88 Å². The average Bonchev–Trinajstić information content (AvgIpc) is 2.36. The van der Waals surface area contributed by atoms with E-state index in [1.165, 1.54) is 7.11 Å². The molecule has 0 aliphatic carbocycles. The zero-order valence-electron chi connectivity index (χ0n) is 10.7. The Morgan fingerprint density at radius 3 is 3.06 bits per heavy atom. The minimum absolute atomic E-state index is 0.139. The van der Waals surface area contributed by atoms with E-state index >= 15 is 0 Å². The number of nitrogens with zero attached hydrogens (tertiary/aromatic N) is 2. The number of aromatic nitrogens is 1. The van der Waals surface area contributed by atoms with E-state index in [2.05, 4.69) is 4.98 Å². The molecular weight excluding hydrogens is 232 g/mol. The van der Waals surface area contributed by atoms with Crippen molar-refractivity contribution in [2.45, 2.75) is 25.4 Å². The van der Waals surface area contributed by atoms with Gasteiger partial charge in [0.25, 0.3) is 5.91 Å². The second-order valence-corrected chi connectivity index (χ2v) is 4.89. The number of β-amino-alcohol motifs (C(OH)–C–C–N with tert-alkyl or cyclic N) is 1. The van der Waals surface area contributed by atoms with Gasteiger partial charge in [-0.25, -0.2) is 4.98 Å². The number of rotatable bonds is 2. The first-order valence-corrected chi connectivity index (χ1v) is 6.04. The van der Waals surface area contributed by atoms with E-state index in [-0.39, 0.29) is 5.91 Å². The zero-order valence-corrected chi connectivity index (χ0v) is 10.7. The molecule has 1 saturated heterocycles. The first-order chi connectivity index (χ1) is 8.53. The Bertz CT molecular complexity index is 446. The van der Waals surface area contributed by atoms with E-state index in [1.807, 2.05) is 0 Å². The van der Waals surface area contributed by atoms with E-state index in [1.54, 1.807) is 30.2 Å². The molecular formula is C13H18N2O3. The van der Waals surface area contributed by atoms with Crippen LogP contribution in [0.5, 0.6) is 5.88 Å². The van der Waals surface area contributed by atoms with Crippen LogP contribution in [0.3, 0.4) is 0 Å². The molecule has 5 heteroatoms. The molecule has 0 radical (unpaired) electrons. The minimum atomic E-state index is -0.802. The summed E-state index contributed by atoms with van der Waals surface area (Å²) in [7, 11) is 1.49. The second-order valence-electron chi connectivity index (χ2n) is 4.89. The molecule has 1 aromatic heterocycles. The Labute approximate surface area is 106 Å². The van der Waals surface area contributed by atoms with E-state index < -0.39 is 5.60 Å². The van der Waals surface area contributed by atoms with Gasteiger partial charge in [-0.05, 0) is 31.9 Å². The first-order valence-electron chi connectivity index (χ1n) is 6.04. The average molecular weight is 250 g/mol. The van der Waals surface area contributed by atoms with E-state index in [4.69, 9.17) is 4.74 Å². The number of carbonyl (C=O) groups excluding carboxylic acids is 1. The standard InChI is InChI=1S/C13H18N2O3/c1-13(17)6-4-8-15(9-13)12(16)10-5-3-7-14-11(10)18-2/h3,5,7,17H,4,6,8-9H2,1-2H3. The minimum Gasteiger partial charge on any atom is -0.480 e. The number of carbonyl (C=O) groups is 1. The molecule has 5 nitrogen and oxygen atoms in total. The van der Waals surface area contributed by atoms with Crippen molar-refractivity contribution in [2.24, 2.45) is 0 Å². The van der Waals surface area contributed by atoms with E-state index in [0.29, 0.717) is 24.5 Å². The highest BCUT2D eigenvalue weighted by molar-refractivity contribution is 5.96. The molecule has 2 rings (SSSR count). The van der Waals surface area contributed by atoms with Crippen LogP contribution in [-0.2, 0) is 0 Å². The van der Waals surface area contributed by atoms with Crippen LogP contribution >= 0.6 is 0 Å². The molecule has 1 unspecified atom stereocenters. The summed E-state index contributed by atoms with van der Waals surface area (Å²) >= 11 is 0. The first kappa shape index (κ1) is 12.8. The number of piperidine rings is 1. The summed E-state index contributed by atoms with van der Waals surface area (Å²) in [6.45, 7) is 2.77. The van der Waals surface area contributed by atoms with Crippen molar-refractivity contribution in [1.29, 1.82) is 0 Å². The van der Waals surface area contributed by atoms with Gasteiger partial charge in [0.1, 0.15) is 5.56 Å².